The number of Topliss-reactive ketones (excluding diaryl/α,β-unsaturated/α-hetero) is 1. The van der Waals surface area contributed by atoms with E-state index in [-0.39, 0.29) is 19.6 Å². The molecule has 0 radical (unpaired) electrons. The highest BCUT2D eigenvalue weighted by Crippen LogP contribution is 2.27. The summed E-state index contributed by atoms with van der Waals surface area (Å²) in [5.41, 5.74) is -0.939. The van der Waals surface area contributed by atoms with Crippen molar-refractivity contribution in [1.29, 1.82) is 0 Å². The minimum Gasteiger partial charge on any atom is -0.462 e. The van der Waals surface area contributed by atoms with Crippen LogP contribution in [0.15, 0.2) is 52.5 Å². The molecule has 0 atom stereocenters. The molecule has 154 valence electrons. The Morgan fingerprint density at radius 3 is 2.10 bits per heavy atom. The monoisotopic (exact) mass is 420 g/mol. The quantitative estimate of drug-likeness (QED) is 0.348. The predicted molar refractivity (Wildman–Crippen MR) is 102 cm³/mol. The lowest BCUT2D eigenvalue weighted by molar-refractivity contribution is -0.142. The Kier molecular flexibility index (Phi) is 7.22. The Labute approximate surface area is 168 Å². The van der Waals surface area contributed by atoms with Crippen LogP contribution >= 0.6 is 0 Å². The van der Waals surface area contributed by atoms with Crippen LogP contribution in [0, 0.1) is 0 Å². The molecule has 2 rings (SSSR count). The van der Waals surface area contributed by atoms with Gasteiger partial charge in [-0.2, -0.15) is 0 Å². The molecule has 0 aliphatic heterocycles. The number of hydrogen-bond acceptors (Lipinski definition) is 8. The van der Waals surface area contributed by atoms with Gasteiger partial charge in [-0.25, -0.2) is 18.0 Å². The highest BCUT2D eigenvalue weighted by atomic mass is 32.2. The van der Waals surface area contributed by atoms with Gasteiger partial charge in [-0.05, 0) is 25.8 Å². The number of sulfone groups is 1. The van der Waals surface area contributed by atoms with Gasteiger partial charge >= 0.3 is 11.9 Å². The van der Waals surface area contributed by atoms with Crippen molar-refractivity contribution in [3.8, 4) is 0 Å². The van der Waals surface area contributed by atoms with Gasteiger partial charge in [0.25, 0.3) is 0 Å². The molecule has 0 saturated heterocycles. The first-order valence-electron chi connectivity index (χ1n) is 8.88. The summed E-state index contributed by atoms with van der Waals surface area (Å²) in [6.07, 6.45) is 0.658. The molecule has 1 aromatic rings. The SMILES string of the molecule is CCOC(=O)C1=CC(=O)C(C(=O)OCC)=C(S(=O)(=O)CCc2ccccc2)C1=O. The third-order valence-corrected chi connectivity index (χ3v) is 5.74. The molecule has 9 heteroatoms. The van der Waals surface area contributed by atoms with Crippen LogP contribution in [0.3, 0.4) is 0 Å². The van der Waals surface area contributed by atoms with Gasteiger partial charge in [0.1, 0.15) is 16.1 Å². The Balaban J connectivity index is 2.50. The molecule has 0 N–H and O–H groups in total. The van der Waals surface area contributed by atoms with Crippen molar-refractivity contribution in [3.05, 3.63) is 58.0 Å². The lowest BCUT2D eigenvalue weighted by atomic mass is 9.96. The Morgan fingerprint density at radius 1 is 0.931 bits per heavy atom. The number of rotatable bonds is 8. The molecule has 0 amide bonds. The summed E-state index contributed by atoms with van der Waals surface area (Å²) in [6, 6.07) is 8.62. The lowest BCUT2D eigenvalue weighted by Gasteiger charge is -2.17. The zero-order valence-corrected chi connectivity index (χ0v) is 16.8. The smallest absolute Gasteiger partial charge is 0.343 e. The van der Waals surface area contributed by atoms with Crippen LogP contribution in [0.2, 0.25) is 0 Å². The molecule has 0 spiro atoms. The lowest BCUT2D eigenvalue weighted by Crippen LogP contribution is -2.33. The summed E-state index contributed by atoms with van der Waals surface area (Å²) < 4.78 is 35.4. The van der Waals surface area contributed by atoms with Gasteiger partial charge in [0.05, 0.1) is 19.0 Å². The van der Waals surface area contributed by atoms with Crippen molar-refractivity contribution in [3.63, 3.8) is 0 Å². The third-order valence-electron chi connectivity index (χ3n) is 3.99. The molecule has 29 heavy (non-hydrogen) atoms. The zero-order chi connectivity index (χ0) is 21.6. The normalized spacial score (nSPS) is 14.5. The van der Waals surface area contributed by atoms with Gasteiger partial charge in [0.15, 0.2) is 15.6 Å². The van der Waals surface area contributed by atoms with Gasteiger partial charge in [-0.15, -0.1) is 0 Å². The Hall–Kier alpha value is -3.07. The molecule has 0 aromatic heterocycles. The van der Waals surface area contributed by atoms with E-state index in [0.29, 0.717) is 11.6 Å². The van der Waals surface area contributed by atoms with Gasteiger partial charge in [-0.3, -0.25) is 9.59 Å². The summed E-state index contributed by atoms with van der Waals surface area (Å²) in [5, 5.41) is 0. The van der Waals surface area contributed by atoms with E-state index in [1.807, 2.05) is 0 Å². The average Bonchev–Trinajstić information content (AvgIpc) is 2.68. The van der Waals surface area contributed by atoms with E-state index in [0.717, 1.165) is 0 Å². The van der Waals surface area contributed by atoms with Crippen LogP contribution in [0.1, 0.15) is 19.4 Å². The number of carbonyl (C=O) groups excluding carboxylic acids is 4. The summed E-state index contributed by atoms with van der Waals surface area (Å²) >= 11 is 0. The third kappa shape index (κ3) is 5.05. The summed E-state index contributed by atoms with van der Waals surface area (Å²) in [5.74, 6) is -5.25. The number of hydrogen-bond donors (Lipinski definition) is 0. The van der Waals surface area contributed by atoms with Gasteiger partial charge in [-0.1, -0.05) is 30.3 Å². The first-order valence-corrected chi connectivity index (χ1v) is 10.5. The fourth-order valence-electron chi connectivity index (χ4n) is 2.67. The number of benzene rings is 1. The Morgan fingerprint density at radius 2 is 1.52 bits per heavy atom. The van der Waals surface area contributed by atoms with E-state index in [1.54, 1.807) is 30.3 Å². The molecule has 0 bridgehead atoms. The van der Waals surface area contributed by atoms with E-state index in [9.17, 15) is 27.6 Å². The molecule has 0 saturated carbocycles. The molecule has 1 aliphatic carbocycles. The average molecular weight is 420 g/mol. The van der Waals surface area contributed by atoms with Crippen LogP contribution in [-0.2, 0) is 44.9 Å². The van der Waals surface area contributed by atoms with Gasteiger partial charge in [0.2, 0.25) is 5.78 Å². The Bertz CT molecular complexity index is 1000. The van der Waals surface area contributed by atoms with Gasteiger partial charge in [0, 0.05) is 6.08 Å². The molecule has 0 heterocycles. The summed E-state index contributed by atoms with van der Waals surface area (Å²) in [4.78, 5) is 48.5. The fraction of sp³-hybridized carbons (Fsp3) is 0.300. The molecule has 0 unspecified atom stereocenters. The highest BCUT2D eigenvalue weighted by Gasteiger charge is 2.42. The number of ether oxygens (including phenoxy) is 2. The second-order valence-corrected chi connectivity index (χ2v) is 8.00. The maximum absolute atomic E-state index is 12.9. The molecular weight excluding hydrogens is 400 g/mol. The predicted octanol–water partition coefficient (Wildman–Crippen LogP) is 1.10. The maximum atomic E-state index is 12.9. The maximum Gasteiger partial charge on any atom is 0.343 e. The van der Waals surface area contributed by atoms with Crippen molar-refractivity contribution in [1.82, 2.24) is 0 Å². The van der Waals surface area contributed by atoms with Crippen molar-refractivity contribution in [2.45, 2.75) is 20.3 Å². The second-order valence-electron chi connectivity index (χ2n) is 5.95. The number of ketones is 2. The molecule has 1 aromatic carbocycles. The number of esters is 2. The summed E-state index contributed by atoms with van der Waals surface area (Å²) in [6.45, 7) is 2.75. The van der Waals surface area contributed by atoms with Crippen molar-refractivity contribution >= 4 is 33.3 Å². The van der Waals surface area contributed by atoms with E-state index in [4.69, 9.17) is 9.47 Å². The van der Waals surface area contributed by atoms with Crippen LogP contribution < -0.4 is 0 Å². The van der Waals surface area contributed by atoms with E-state index in [1.165, 1.54) is 13.8 Å². The largest absolute Gasteiger partial charge is 0.462 e. The zero-order valence-electron chi connectivity index (χ0n) is 16.0. The summed E-state index contributed by atoms with van der Waals surface area (Å²) in [7, 11) is -4.40. The van der Waals surface area contributed by atoms with Gasteiger partial charge < -0.3 is 9.47 Å². The molecule has 8 nitrogen and oxygen atoms in total. The minimum atomic E-state index is -4.40. The van der Waals surface area contributed by atoms with Crippen molar-refractivity contribution < 1.29 is 37.1 Å². The molecule has 0 fully saturated rings. The van der Waals surface area contributed by atoms with E-state index < -0.39 is 55.1 Å². The van der Waals surface area contributed by atoms with Crippen LogP contribution in [0.4, 0.5) is 0 Å². The number of aryl methyl sites for hydroxylation is 1. The van der Waals surface area contributed by atoms with Crippen LogP contribution in [0.25, 0.3) is 0 Å². The van der Waals surface area contributed by atoms with Crippen molar-refractivity contribution in [2.75, 3.05) is 19.0 Å². The highest BCUT2D eigenvalue weighted by molar-refractivity contribution is 7.96. The topological polar surface area (TPSA) is 121 Å². The minimum absolute atomic E-state index is 0.0443. The fourth-order valence-corrected chi connectivity index (χ4v) is 4.27. The van der Waals surface area contributed by atoms with E-state index >= 15 is 0 Å². The number of allylic oxidation sites excluding steroid dienone is 2. The molecule has 1 aliphatic rings. The van der Waals surface area contributed by atoms with E-state index in [2.05, 4.69) is 0 Å². The molecular formula is C20H20O8S. The number of carbonyl (C=O) groups is 4. The standard InChI is InChI=1S/C20H20O8S/c1-3-27-19(23)14-12-15(21)16(20(24)28-4-2)18(17(14)22)29(25,26)11-10-13-8-6-5-7-9-13/h5-9,12H,3-4,10-11H2,1-2H3. The second kappa shape index (κ2) is 9.42. The van der Waals surface area contributed by atoms with Crippen molar-refractivity contribution in [2.24, 2.45) is 0 Å². The van der Waals surface area contributed by atoms with Crippen LogP contribution in [-0.4, -0.2) is 50.9 Å². The first-order chi connectivity index (χ1) is 13.7. The van der Waals surface area contributed by atoms with Crippen LogP contribution in [0.5, 0.6) is 0 Å². The first kappa shape index (κ1) is 22.2.